The quantitative estimate of drug-likeness (QED) is 0.813. The van der Waals surface area contributed by atoms with Crippen LogP contribution in [0.5, 0.6) is 0 Å². The van der Waals surface area contributed by atoms with Gasteiger partial charge in [0, 0.05) is 31.3 Å². The molecule has 8 heteroatoms. The van der Waals surface area contributed by atoms with E-state index < -0.39 is 15.9 Å². The van der Waals surface area contributed by atoms with Crippen molar-refractivity contribution in [1.29, 1.82) is 0 Å². The van der Waals surface area contributed by atoms with Crippen molar-refractivity contribution < 1.29 is 17.6 Å². The SMILES string of the molecule is CCn1cc(C2CS(=O)(=O)CCN2C(=O)CCc2ccoc2)cn1. The van der Waals surface area contributed by atoms with Crippen LogP contribution in [0.1, 0.15) is 30.5 Å². The van der Waals surface area contributed by atoms with E-state index in [9.17, 15) is 13.2 Å². The zero-order chi connectivity index (χ0) is 17.2. The van der Waals surface area contributed by atoms with Gasteiger partial charge < -0.3 is 9.32 Å². The third-order valence-electron chi connectivity index (χ3n) is 4.32. The van der Waals surface area contributed by atoms with E-state index in [2.05, 4.69) is 5.10 Å². The van der Waals surface area contributed by atoms with Gasteiger partial charge >= 0.3 is 0 Å². The van der Waals surface area contributed by atoms with Crippen LogP contribution in [-0.4, -0.2) is 47.1 Å². The van der Waals surface area contributed by atoms with E-state index in [0.717, 1.165) is 11.1 Å². The Morgan fingerprint density at radius 1 is 1.46 bits per heavy atom. The number of furan rings is 1. The molecule has 0 spiro atoms. The van der Waals surface area contributed by atoms with E-state index in [4.69, 9.17) is 4.42 Å². The van der Waals surface area contributed by atoms with Gasteiger partial charge in [-0.25, -0.2) is 8.42 Å². The lowest BCUT2D eigenvalue weighted by Crippen LogP contribution is -2.46. The summed E-state index contributed by atoms with van der Waals surface area (Å²) in [6.07, 6.45) is 7.59. The molecule has 1 unspecified atom stereocenters. The highest BCUT2D eigenvalue weighted by Crippen LogP contribution is 2.27. The maximum absolute atomic E-state index is 12.6. The van der Waals surface area contributed by atoms with E-state index >= 15 is 0 Å². The van der Waals surface area contributed by atoms with Gasteiger partial charge in [-0.2, -0.15) is 5.10 Å². The maximum atomic E-state index is 12.6. The molecule has 0 saturated carbocycles. The Kier molecular flexibility index (Phi) is 4.75. The molecule has 2 aromatic rings. The number of aromatic nitrogens is 2. The molecule has 3 rings (SSSR count). The summed E-state index contributed by atoms with van der Waals surface area (Å²) in [6, 6.07) is 1.37. The Morgan fingerprint density at radius 2 is 2.29 bits per heavy atom. The van der Waals surface area contributed by atoms with Crippen molar-refractivity contribution in [3.8, 4) is 0 Å². The average Bonchev–Trinajstić information content (AvgIpc) is 3.23. The number of rotatable bonds is 5. The van der Waals surface area contributed by atoms with Crippen molar-refractivity contribution in [1.82, 2.24) is 14.7 Å². The summed E-state index contributed by atoms with van der Waals surface area (Å²) >= 11 is 0. The summed E-state index contributed by atoms with van der Waals surface area (Å²) in [4.78, 5) is 14.3. The number of aryl methyl sites for hydroxylation is 2. The van der Waals surface area contributed by atoms with E-state index in [1.165, 1.54) is 0 Å². The Bertz CT molecular complexity index is 795. The molecule has 1 aliphatic rings. The van der Waals surface area contributed by atoms with Gasteiger partial charge in [0.15, 0.2) is 9.84 Å². The fourth-order valence-corrected chi connectivity index (χ4v) is 4.43. The second kappa shape index (κ2) is 6.80. The minimum absolute atomic E-state index is 0.0167. The summed E-state index contributed by atoms with van der Waals surface area (Å²) in [5.74, 6) is -0.0664. The van der Waals surface area contributed by atoms with Gasteiger partial charge in [-0.1, -0.05) is 0 Å². The first-order valence-electron chi connectivity index (χ1n) is 8.02. The summed E-state index contributed by atoms with van der Waals surface area (Å²) in [5.41, 5.74) is 1.74. The molecule has 1 aliphatic heterocycles. The highest BCUT2D eigenvalue weighted by Gasteiger charge is 2.35. The molecule has 0 N–H and O–H groups in total. The summed E-state index contributed by atoms with van der Waals surface area (Å²) < 4.78 is 30.8. The minimum Gasteiger partial charge on any atom is -0.472 e. The smallest absolute Gasteiger partial charge is 0.223 e. The third-order valence-corrected chi connectivity index (χ3v) is 5.95. The largest absolute Gasteiger partial charge is 0.472 e. The molecule has 0 bridgehead atoms. The summed E-state index contributed by atoms with van der Waals surface area (Å²) in [5, 5.41) is 4.21. The monoisotopic (exact) mass is 351 g/mol. The van der Waals surface area contributed by atoms with E-state index in [-0.39, 0.29) is 24.0 Å². The third kappa shape index (κ3) is 3.69. The highest BCUT2D eigenvalue weighted by molar-refractivity contribution is 7.91. The fourth-order valence-electron chi connectivity index (χ4n) is 2.94. The van der Waals surface area contributed by atoms with Crippen molar-refractivity contribution in [2.75, 3.05) is 18.1 Å². The Labute approximate surface area is 141 Å². The van der Waals surface area contributed by atoms with Gasteiger partial charge in [0.1, 0.15) is 0 Å². The second-order valence-electron chi connectivity index (χ2n) is 5.98. The molecule has 1 atom stereocenters. The number of sulfone groups is 1. The zero-order valence-corrected chi connectivity index (χ0v) is 14.4. The highest BCUT2D eigenvalue weighted by atomic mass is 32.2. The molecule has 0 radical (unpaired) electrons. The topological polar surface area (TPSA) is 85.4 Å². The van der Waals surface area contributed by atoms with Crippen LogP contribution in [0, 0.1) is 0 Å². The van der Waals surface area contributed by atoms with Crippen LogP contribution >= 0.6 is 0 Å². The van der Waals surface area contributed by atoms with E-state index in [1.807, 2.05) is 19.2 Å². The molecule has 3 heterocycles. The molecule has 0 aromatic carbocycles. The van der Waals surface area contributed by atoms with Crippen molar-refractivity contribution in [2.24, 2.45) is 0 Å². The van der Waals surface area contributed by atoms with Crippen LogP contribution in [0.15, 0.2) is 35.4 Å². The molecule has 24 heavy (non-hydrogen) atoms. The van der Waals surface area contributed by atoms with E-state index in [1.54, 1.807) is 28.3 Å². The lowest BCUT2D eigenvalue weighted by Gasteiger charge is -2.35. The molecule has 1 fully saturated rings. The number of amides is 1. The van der Waals surface area contributed by atoms with E-state index in [0.29, 0.717) is 19.4 Å². The molecule has 130 valence electrons. The molecular weight excluding hydrogens is 330 g/mol. The van der Waals surface area contributed by atoms with Crippen LogP contribution in [0.4, 0.5) is 0 Å². The lowest BCUT2D eigenvalue weighted by molar-refractivity contribution is -0.133. The van der Waals surface area contributed by atoms with Gasteiger partial charge in [0.2, 0.25) is 5.91 Å². The van der Waals surface area contributed by atoms with Crippen LogP contribution in [0.3, 0.4) is 0 Å². The van der Waals surface area contributed by atoms with Gasteiger partial charge in [0.25, 0.3) is 0 Å². The van der Waals surface area contributed by atoms with Gasteiger partial charge in [-0.3, -0.25) is 9.48 Å². The number of carbonyl (C=O) groups excluding carboxylic acids is 1. The predicted octanol–water partition coefficient (Wildman–Crippen LogP) is 1.43. The fraction of sp³-hybridized carbons (Fsp3) is 0.500. The Balaban J connectivity index is 1.76. The van der Waals surface area contributed by atoms with Crippen LogP contribution in [-0.2, 0) is 27.6 Å². The standard InChI is InChI=1S/C16H21N3O4S/c1-2-18-10-14(9-17-18)15-12-24(21,22)8-6-19(15)16(20)4-3-13-5-7-23-11-13/h5,7,9-11,15H,2-4,6,8,12H2,1H3. The lowest BCUT2D eigenvalue weighted by atomic mass is 10.1. The average molecular weight is 351 g/mol. The first kappa shape index (κ1) is 16.8. The minimum atomic E-state index is -3.15. The molecule has 0 aliphatic carbocycles. The Hall–Kier alpha value is -2.09. The second-order valence-corrected chi connectivity index (χ2v) is 8.21. The predicted molar refractivity (Wildman–Crippen MR) is 88.0 cm³/mol. The molecular formula is C16H21N3O4S. The zero-order valence-electron chi connectivity index (χ0n) is 13.6. The van der Waals surface area contributed by atoms with Crippen molar-refractivity contribution in [3.05, 3.63) is 42.1 Å². The number of hydrogen-bond acceptors (Lipinski definition) is 5. The van der Waals surface area contributed by atoms with Crippen molar-refractivity contribution in [3.63, 3.8) is 0 Å². The molecule has 1 saturated heterocycles. The summed E-state index contributed by atoms with van der Waals surface area (Å²) in [7, 11) is -3.15. The normalized spacial score (nSPS) is 20.2. The first-order valence-corrected chi connectivity index (χ1v) is 9.84. The first-order chi connectivity index (χ1) is 11.5. The van der Waals surface area contributed by atoms with Crippen molar-refractivity contribution in [2.45, 2.75) is 32.4 Å². The van der Waals surface area contributed by atoms with Crippen LogP contribution in [0.25, 0.3) is 0 Å². The van der Waals surface area contributed by atoms with Gasteiger partial charge in [-0.05, 0) is 25.0 Å². The van der Waals surface area contributed by atoms with Gasteiger partial charge in [-0.15, -0.1) is 0 Å². The number of nitrogens with zero attached hydrogens (tertiary/aromatic N) is 3. The number of carbonyl (C=O) groups is 1. The summed E-state index contributed by atoms with van der Waals surface area (Å²) in [6.45, 7) is 2.89. The van der Waals surface area contributed by atoms with Crippen LogP contribution < -0.4 is 0 Å². The van der Waals surface area contributed by atoms with Crippen molar-refractivity contribution >= 4 is 15.7 Å². The molecule has 7 nitrogen and oxygen atoms in total. The number of hydrogen-bond donors (Lipinski definition) is 0. The molecule has 2 aromatic heterocycles. The molecule has 1 amide bonds. The Morgan fingerprint density at radius 3 is 2.96 bits per heavy atom. The van der Waals surface area contributed by atoms with Gasteiger partial charge in [0.05, 0.1) is 36.3 Å². The maximum Gasteiger partial charge on any atom is 0.223 e. The van der Waals surface area contributed by atoms with Crippen LogP contribution in [0.2, 0.25) is 0 Å².